The number of amides is 1. The van der Waals surface area contributed by atoms with Crippen molar-refractivity contribution in [1.82, 2.24) is 0 Å². The average molecular weight is 291 g/mol. The van der Waals surface area contributed by atoms with E-state index in [0.29, 0.717) is 31.1 Å². The zero-order valence-corrected chi connectivity index (χ0v) is 12.3. The first-order chi connectivity index (χ1) is 10.2. The van der Waals surface area contributed by atoms with Gasteiger partial charge in [-0.15, -0.1) is 0 Å². The van der Waals surface area contributed by atoms with Gasteiger partial charge in [-0.1, -0.05) is 6.92 Å². The summed E-state index contributed by atoms with van der Waals surface area (Å²) in [6.07, 6.45) is 2.31. The fourth-order valence-corrected chi connectivity index (χ4v) is 2.17. The number of esters is 1. The van der Waals surface area contributed by atoms with Gasteiger partial charge >= 0.3 is 5.97 Å². The van der Waals surface area contributed by atoms with Crippen LogP contribution in [0.4, 0.5) is 5.69 Å². The maximum atomic E-state index is 12.1. The number of ether oxygens (including phenoxy) is 2. The van der Waals surface area contributed by atoms with Crippen LogP contribution in [0, 0.1) is 5.92 Å². The summed E-state index contributed by atoms with van der Waals surface area (Å²) in [7, 11) is 0. The molecule has 1 aromatic carbocycles. The van der Waals surface area contributed by atoms with Gasteiger partial charge in [0.15, 0.2) is 0 Å². The summed E-state index contributed by atoms with van der Waals surface area (Å²) in [5.41, 5.74) is 1.19. The predicted molar refractivity (Wildman–Crippen MR) is 79.2 cm³/mol. The highest BCUT2D eigenvalue weighted by molar-refractivity contribution is 5.94. The summed E-state index contributed by atoms with van der Waals surface area (Å²) in [6.45, 7) is 3.64. The van der Waals surface area contributed by atoms with Gasteiger partial charge in [0.05, 0.1) is 12.2 Å². The maximum absolute atomic E-state index is 12.1. The van der Waals surface area contributed by atoms with E-state index in [2.05, 4.69) is 5.32 Å². The molecule has 5 nitrogen and oxygen atoms in total. The molecule has 0 unspecified atom stereocenters. The van der Waals surface area contributed by atoms with Gasteiger partial charge in [0.1, 0.15) is 0 Å². The second-order valence-corrected chi connectivity index (χ2v) is 5.09. The molecule has 0 spiro atoms. The van der Waals surface area contributed by atoms with Crippen molar-refractivity contribution in [3.63, 3.8) is 0 Å². The van der Waals surface area contributed by atoms with Crippen molar-refractivity contribution in [2.75, 3.05) is 25.1 Å². The molecule has 0 radical (unpaired) electrons. The van der Waals surface area contributed by atoms with E-state index in [-0.39, 0.29) is 17.8 Å². The molecule has 1 saturated heterocycles. The predicted octanol–water partition coefficient (Wildman–Crippen LogP) is 2.62. The molecule has 1 N–H and O–H groups in total. The van der Waals surface area contributed by atoms with Crippen LogP contribution in [-0.4, -0.2) is 31.7 Å². The minimum Gasteiger partial charge on any atom is -0.462 e. The Labute approximate surface area is 124 Å². The minimum absolute atomic E-state index is 0.00736. The van der Waals surface area contributed by atoms with Gasteiger partial charge in [0, 0.05) is 24.8 Å². The molecule has 2 rings (SSSR count). The highest BCUT2D eigenvalue weighted by Crippen LogP contribution is 2.18. The van der Waals surface area contributed by atoms with Gasteiger partial charge in [-0.2, -0.15) is 0 Å². The zero-order chi connectivity index (χ0) is 15.1. The van der Waals surface area contributed by atoms with E-state index >= 15 is 0 Å². The van der Waals surface area contributed by atoms with E-state index < -0.39 is 0 Å². The Balaban J connectivity index is 1.89. The van der Waals surface area contributed by atoms with Crippen LogP contribution >= 0.6 is 0 Å². The number of anilines is 1. The van der Waals surface area contributed by atoms with Crippen LogP contribution in [-0.2, 0) is 14.3 Å². The van der Waals surface area contributed by atoms with Crippen molar-refractivity contribution >= 4 is 17.6 Å². The molecule has 0 aromatic heterocycles. The fraction of sp³-hybridized carbons (Fsp3) is 0.500. The van der Waals surface area contributed by atoms with Gasteiger partial charge in [0.2, 0.25) is 5.91 Å². The van der Waals surface area contributed by atoms with Crippen LogP contribution in [0.2, 0.25) is 0 Å². The molecule has 0 bridgehead atoms. The molecule has 0 atom stereocenters. The van der Waals surface area contributed by atoms with Gasteiger partial charge in [-0.05, 0) is 43.5 Å². The summed E-state index contributed by atoms with van der Waals surface area (Å²) < 4.78 is 10.3. The third kappa shape index (κ3) is 4.56. The molecule has 0 saturated carbocycles. The Kier molecular flexibility index (Phi) is 5.75. The normalized spacial score (nSPS) is 15.5. The first-order valence-corrected chi connectivity index (χ1v) is 7.36. The Morgan fingerprint density at radius 1 is 1.24 bits per heavy atom. The summed E-state index contributed by atoms with van der Waals surface area (Å²) in [6, 6.07) is 6.77. The molecule has 1 heterocycles. The lowest BCUT2D eigenvalue weighted by Gasteiger charge is -2.21. The molecular formula is C16H21NO4. The molecule has 114 valence electrons. The van der Waals surface area contributed by atoms with Crippen LogP contribution in [0.15, 0.2) is 24.3 Å². The number of benzene rings is 1. The smallest absolute Gasteiger partial charge is 0.338 e. The van der Waals surface area contributed by atoms with Gasteiger partial charge < -0.3 is 14.8 Å². The van der Waals surface area contributed by atoms with Crippen molar-refractivity contribution < 1.29 is 19.1 Å². The van der Waals surface area contributed by atoms with Crippen LogP contribution in [0.25, 0.3) is 0 Å². The summed E-state index contributed by atoms with van der Waals surface area (Å²) in [5, 5.41) is 2.87. The van der Waals surface area contributed by atoms with Gasteiger partial charge in [-0.25, -0.2) is 4.79 Å². The van der Waals surface area contributed by atoms with E-state index in [9.17, 15) is 9.59 Å². The Morgan fingerprint density at radius 3 is 2.52 bits per heavy atom. The maximum Gasteiger partial charge on any atom is 0.338 e. The Morgan fingerprint density at radius 2 is 1.90 bits per heavy atom. The molecular weight excluding hydrogens is 270 g/mol. The van der Waals surface area contributed by atoms with Gasteiger partial charge in [0.25, 0.3) is 0 Å². The molecule has 0 aliphatic carbocycles. The van der Waals surface area contributed by atoms with E-state index in [1.54, 1.807) is 24.3 Å². The highest BCUT2D eigenvalue weighted by Gasteiger charge is 2.21. The number of carbonyl (C=O) groups is 2. The summed E-state index contributed by atoms with van der Waals surface area (Å²) in [4.78, 5) is 23.7. The number of carbonyl (C=O) groups excluding carboxylic acids is 2. The number of hydrogen-bond donors (Lipinski definition) is 1. The summed E-state index contributed by atoms with van der Waals surface area (Å²) in [5.74, 6) is -0.313. The largest absolute Gasteiger partial charge is 0.462 e. The van der Waals surface area contributed by atoms with Crippen LogP contribution in [0.1, 0.15) is 36.5 Å². The van der Waals surface area contributed by atoms with E-state index in [1.165, 1.54) is 0 Å². The lowest BCUT2D eigenvalue weighted by molar-refractivity contribution is -0.122. The third-order valence-electron chi connectivity index (χ3n) is 3.42. The van der Waals surface area contributed by atoms with E-state index in [1.807, 2.05) is 6.92 Å². The van der Waals surface area contributed by atoms with Crippen molar-refractivity contribution in [2.24, 2.45) is 5.92 Å². The second-order valence-electron chi connectivity index (χ2n) is 5.09. The first kappa shape index (κ1) is 15.5. The second kappa shape index (κ2) is 7.78. The molecule has 1 aliphatic heterocycles. The molecule has 5 heteroatoms. The first-order valence-electron chi connectivity index (χ1n) is 7.36. The molecule has 21 heavy (non-hydrogen) atoms. The summed E-state index contributed by atoms with van der Waals surface area (Å²) >= 11 is 0. The van der Waals surface area contributed by atoms with E-state index in [4.69, 9.17) is 9.47 Å². The Bertz CT molecular complexity index is 478. The number of nitrogens with one attached hydrogen (secondary N) is 1. The van der Waals surface area contributed by atoms with Crippen LogP contribution in [0.5, 0.6) is 0 Å². The SMILES string of the molecule is CCCOC(=O)c1ccc(NC(=O)C2CCOCC2)cc1. The van der Waals surface area contributed by atoms with Crippen molar-refractivity contribution in [3.8, 4) is 0 Å². The fourth-order valence-electron chi connectivity index (χ4n) is 2.17. The molecule has 1 amide bonds. The van der Waals surface area contributed by atoms with E-state index in [0.717, 1.165) is 19.3 Å². The monoisotopic (exact) mass is 291 g/mol. The minimum atomic E-state index is -0.334. The topological polar surface area (TPSA) is 64.6 Å². The molecule has 1 aromatic rings. The quantitative estimate of drug-likeness (QED) is 0.847. The van der Waals surface area contributed by atoms with Gasteiger partial charge in [-0.3, -0.25) is 4.79 Å². The highest BCUT2D eigenvalue weighted by atomic mass is 16.5. The van der Waals surface area contributed by atoms with Crippen LogP contribution in [0.3, 0.4) is 0 Å². The molecule has 1 fully saturated rings. The lowest BCUT2D eigenvalue weighted by atomic mass is 9.99. The number of rotatable bonds is 5. The van der Waals surface area contributed by atoms with Crippen molar-refractivity contribution in [1.29, 1.82) is 0 Å². The number of hydrogen-bond acceptors (Lipinski definition) is 4. The zero-order valence-electron chi connectivity index (χ0n) is 12.3. The van der Waals surface area contributed by atoms with Crippen LogP contribution < -0.4 is 5.32 Å². The molecule has 1 aliphatic rings. The lowest BCUT2D eigenvalue weighted by Crippen LogP contribution is -2.28. The average Bonchev–Trinajstić information content (AvgIpc) is 2.54. The standard InChI is InChI=1S/C16H21NO4/c1-2-9-21-16(19)13-3-5-14(6-4-13)17-15(18)12-7-10-20-11-8-12/h3-6,12H,2,7-11H2,1H3,(H,17,18). The van der Waals surface area contributed by atoms with Crippen molar-refractivity contribution in [2.45, 2.75) is 26.2 Å². The van der Waals surface area contributed by atoms with Crippen molar-refractivity contribution in [3.05, 3.63) is 29.8 Å². The third-order valence-corrected chi connectivity index (χ3v) is 3.42. The Hall–Kier alpha value is -1.88.